The van der Waals surface area contributed by atoms with Crippen LogP contribution in [-0.4, -0.2) is 32.4 Å². The van der Waals surface area contributed by atoms with Crippen LogP contribution in [0.5, 0.6) is 5.88 Å². The zero-order chi connectivity index (χ0) is 19.1. The summed E-state index contributed by atoms with van der Waals surface area (Å²) in [7, 11) is 1.53. The molecule has 0 aliphatic heterocycles. The molecule has 4 aromatic rings. The second kappa shape index (κ2) is 6.07. The van der Waals surface area contributed by atoms with Crippen molar-refractivity contribution in [3.05, 3.63) is 53.3 Å². The van der Waals surface area contributed by atoms with E-state index >= 15 is 0 Å². The summed E-state index contributed by atoms with van der Waals surface area (Å²) >= 11 is 0. The second-order valence-corrected chi connectivity index (χ2v) is 5.92. The third kappa shape index (κ3) is 2.53. The van der Waals surface area contributed by atoms with Crippen LogP contribution in [0.4, 0.5) is 0 Å². The van der Waals surface area contributed by atoms with Crippen molar-refractivity contribution < 1.29 is 9.53 Å². The molecule has 0 aliphatic rings. The Morgan fingerprint density at radius 1 is 1.22 bits per heavy atom. The highest BCUT2D eigenvalue weighted by atomic mass is 16.5. The number of fused-ring (bicyclic) bond motifs is 3. The summed E-state index contributed by atoms with van der Waals surface area (Å²) in [6.07, 6.45) is 0. The van der Waals surface area contributed by atoms with E-state index in [0.717, 1.165) is 0 Å². The van der Waals surface area contributed by atoms with Gasteiger partial charge in [0.25, 0.3) is 0 Å². The molecule has 132 valence electrons. The van der Waals surface area contributed by atoms with Gasteiger partial charge in [0.15, 0.2) is 11.3 Å². The Kier molecular flexibility index (Phi) is 3.70. The summed E-state index contributed by atoms with van der Waals surface area (Å²) in [5, 5.41) is 9.56. The molecule has 1 amide bonds. The molecule has 8 heteroatoms. The molecule has 8 nitrogen and oxygen atoms in total. The molecule has 0 saturated heterocycles. The smallest absolute Gasteiger partial charge is 0.248 e. The van der Waals surface area contributed by atoms with Crippen molar-refractivity contribution in [2.24, 2.45) is 5.73 Å². The maximum absolute atomic E-state index is 11.6. The van der Waals surface area contributed by atoms with Gasteiger partial charge in [0.1, 0.15) is 22.9 Å². The summed E-state index contributed by atoms with van der Waals surface area (Å²) in [5.41, 5.74) is 8.92. The monoisotopic (exact) mass is 358 g/mol. The standard InChI is InChI=1S/C19H14N6O2/c1-10-16-14(9-20)23-13-6-7-15(27-2)24-19(13)25(16)18(22-10)12-5-3-4-11(8-12)17(21)26/h3-8H,1-2H3,(H2,21,26). The average Bonchev–Trinajstić information content (AvgIpc) is 3.05. The Morgan fingerprint density at radius 2 is 2.04 bits per heavy atom. The van der Waals surface area contributed by atoms with E-state index in [2.05, 4.69) is 21.0 Å². The van der Waals surface area contributed by atoms with Gasteiger partial charge >= 0.3 is 0 Å². The summed E-state index contributed by atoms with van der Waals surface area (Å²) < 4.78 is 6.99. The third-order valence-electron chi connectivity index (χ3n) is 4.27. The van der Waals surface area contributed by atoms with Crippen molar-refractivity contribution in [2.45, 2.75) is 6.92 Å². The van der Waals surface area contributed by atoms with Crippen LogP contribution in [0.25, 0.3) is 28.1 Å². The Morgan fingerprint density at radius 3 is 2.74 bits per heavy atom. The number of nitrogens with two attached hydrogens (primary N) is 1. The van der Waals surface area contributed by atoms with Crippen molar-refractivity contribution in [1.82, 2.24) is 19.4 Å². The van der Waals surface area contributed by atoms with Crippen molar-refractivity contribution in [3.8, 4) is 23.3 Å². The van der Waals surface area contributed by atoms with Crippen molar-refractivity contribution >= 4 is 22.6 Å². The lowest BCUT2D eigenvalue weighted by Crippen LogP contribution is -2.10. The van der Waals surface area contributed by atoms with Crippen molar-refractivity contribution in [1.29, 1.82) is 5.26 Å². The molecule has 0 unspecified atom stereocenters. The molecule has 0 fully saturated rings. The molecule has 3 heterocycles. The molecular weight excluding hydrogens is 344 g/mol. The van der Waals surface area contributed by atoms with Crippen LogP contribution in [0.3, 0.4) is 0 Å². The van der Waals surface area contributed by atoms with E-state index in [1.807, 2.05) is 6.07 Å². The quantitative estimate of drug-likeness (QED) is 0.600. The van der Waals surface area contributed by atoms with Gasteiger partial charge in [0, 0.05) is 17.2 Å². The van der Waals surface area contributed by atoms with E-state index in [0.29, 0.717) is 45.2 Å². The van der Waals surface area contributed by atoms with Gasteiger partial charge in [-0.3, -0.25) is 9.20 Å². The molecule has 0 saturated carbocycles. The minimum Gasteiger partial charge on any atom is -0.481 e. The van der Waals surface area contributed by atoms with Gasteiger partial charge in [-0.15, -0.1) is 0 Å². The van der Waals surface area contributed by atoms with Gasteiger partial charge in [-0.2, -0.15) is 10.2 Å². The van der Waals surface area contributed by atoms with Gasteiger partial charge in [0.2, 0.25) is 11.8 Å². The summed E-state index contributed by atoms with van der Waals surface area (Å²) in [4.78, 5) is 25.1. The lowest BCUT2D eigenvalue weighted by molar-refractivity contribution is 0.100. The zero-order valence-corrected chi connectivity index (χ0v) is 14.6. The fourth-order valence-corrected chi connectivity index (χ4v) is 3.06. The number of pyridine rings is 1. The predicted molar refractivity (Wildman–Crippen MR) is 98.2 cm³/mol. The Bertz CT molecular complexity index is 1270. The summed E-state index contributed by atoms with van der Waals surface area (Å²) in [6, 6.07) is 12.4. The predicted octanol–water partition coefficient (Wildman–Crippen LogP) is 2.23. The van der Waals surface area contributed by atoms with Crippen LogP contribution in [0.2, 0.25) is 0 Å². The number of hydrogen-bond acceptors (Lipinski definition) is 6. The van der Waals surface area contributed by atoms with Crippen molar-refractivity contribution in [3.63, 3.8) is 0 Å². The van der Waals surface area contributed by atoms with E-state index < -0.39 is 5.91 Å². The van der Waals surface area contributed by atoms with Gasteiger partial charge in [0.05, 0.1) is 12.8 Å². The first-order valence-electron chi connectivity index (χ1n) is 8.07. The molecule has 0 atom stereocenters. The van der Waals surface area contributed by atoms with Crippen LogP contribution in [0, 0.1) is 18.3 Å². The van der Waals surface area contributed by atoms with Crippen LogP contribution in [-0.2, 0) is 0 Å². The first-order valence-corrected chi connectivity index (χ1v) is 8.07. The fraction of sp³-hybridized carbons (Fsp3) is 0.105. The fourth-order valence-electron chi connectivity index (χ4n) is 3.06. The number of imidazole rings is 1. The number of benzene rings is 1. The second-order valence-electron chi connectivity index (χ2n) is 5.92. The number of aromatic nitrogens is 4. The third-order valence-corrected chi connectivity index (χ3v) is 4.27. The summed E-state index contributed by atoms with van der Waals surface area (Å²) in [6.45, 7) is 1.80. The number of ether oxygens (including phenoxy) is 1. The Balaban J connectivity index is 2.16. The number of carbonyl (C=O) groups excluding carboxylic acids is 1. The van der Waals surface area contributed by atoms with E-state index in [1.54, 1.807) is 41.7 Å². The highest BCUT2D eigenvalue weighted by Crippen LogP contribution is 2.29. The number of amides is 1. The van der Waals surface area contributed by atoms with Gasteiger partial charge in [-0.05, 0) is 25.1 Å². The summed E-state index contributed by atoms with van der Waals surface area (Å²) in [5.74, 6) is 0.423. The van der Waals surface area contributed by atoms with Crippen molar-refractivity contribution in [2.75, 3.05) is 7.11 Å². The van der Waals surface area contributed by atoms with Crippen LogP contribution in [0.15, 0.2) is 36.4 Å². The molecule has 0 radical (unpaired) electrons. The number of nitriles is 1. The molecule has 0 spiro atoms. The lowest BCUT2D eigenvalue weighted by Gasteiger charge is -2.08. The lowest BCUT2D eigenvalue weighted by atomic mass is 10.1. The molecule has 27 heavy (non-hydrogen) atoms. The molecule has 4 rings (SSSR count). The Hall–Kier alpha value is -3.99. The number of aryl methyl sites for hydroxylation is 1. The number of hydrogen-bond donors (Lipinski definition) is 1. The first kappa shape index (κ1) is 16.5. The minimum absolute atomic E-state index is 0.247. The maximum atomic E-state index is 11.6. The van der Waals surface area contributed by atoms with E-state index in [1.165, 1.54) is 7.11 Å². The molecule has 0 aliphatic carbocycles. The number of methoxy groups -OCH3 is 1. The van der Waals surface area contributed by atoms with E-state index in [-0.39, 0.29) is 5.69 Å². The maximum Gasteiger partial charge on any atom is 0.248 e. The minimum atomic E-state index is -0.529. The molecule has 3 aromatic heterocycles. The molecule has 1 aromatic carbocycles. The SMILES string of the molecule is COc1ccc2nc(C#N)c3c(C)nc(-c4cccc(C(N)=O)c4)n3c2n1. The average molecular weight is 358 g/mol. The number of rotatable bonds is 3. The number of nitrogens with zero attached hydrogens (tertiary/aromatic N) is 5. The van der Waals surface area contributed by atoms with Gasteiger partial charge < -0.3 is 10.5 Å². The van der Waals surface area contributed by atoms with Gasteiger partial charge in [-0.1, -0.05) is 12.1 Å². The molecular formula is C19H14N6O2. The van der Waals surface area contributed by atoms with Crippen LogP contribution >= 0.6 is 0 Å². The van der Waals surface area contributed by atoms with Gasteiger partial charge in [-0.25, -0.2) is 9.97 Å². The zero-order valence-electron chi connectivity index (χ0n) is 14.6. The molecule has 0 bridgehead atoms. The highest BCUT2D eigenvalue weighted by Gasteiger charge is 2.19. The molecule has 2 N–H and O–H groups in total. The first-order chi connectivity index (χ1) is 13.0. The normalized spacial score (nSPS) is 10.9. The van der Waals surface area contributed by atoms with Crippen LogP contribution in [0.1, 0.15) is 21.7 Å². The topological polar surface area (TPSA) is 119 Å². The Labute approximate surface area is 153 Å². The van der Waals surface area contributed by atoms with Crippen LogP contribution < -0.4 is 10.5 Å². The highest BCUT2D eigenvalue weighted by molar-refractivity contribution is 5.94. The van der Waals surface area contributed by atoms with E-state index in [4.69, 9.17) is 10.5 Å². The number of carbonyl (C=O) groups is 1. The van der Waals surface area contributed by atoms with E-state index in [9.17, 15) is 10.1 Å². The largest absolute Gasteiger partial charge is 0.481 e. The number of primary amides is 1.